The van der Waals surface area contributed by atoms with Crippen LogP contribution in [0.15, 0.2) is 109 Å². The molecule has 7 rings (SSSR count). The van der Waals surface area contributed by atoms with E-state index in [0.29, 0.717) is 40.2 Å². The Balaban J connectivity index is 1.20. The summed E-state index contributed by atoms with van der Waals surface area (Å²) in [5, 5.41) is 39.3. The number of aromatic nitrogens is 1. The van der Waals surface area contributed by atoms with Gasteiger partial charge in [-0.2, -0.15) is 0 Å². The van der Waals surface area contributed by atoms with Crippen LogP contribution in [-0.4, -0.2) is 40.2 Å². The second-order valence-corrected chi connectivity index (χ2v) is 12.3. The number of carbonyl (C=O) groups excluding carboxylic acids is 1. The van der Waals surface area contributed by atoms with E-state index >= 15 is 0 Å². The van der Waals surface area contributed by atoms with Crippen molar-refractivity contribution in [2.75, 3.05) is 14.2 Å². The number of rotatable bonds is 12. The van der Waals surface area contributed by atoms with Crippen LogP contribution >= 0.6 is 0 Å². The Morgan fingerprint density at radius 2 is 1.27 bits per heavy atom. The molecule has 3 N–H and O–H groups in total. The van der Waals surface area contributed by atoms with Gasteiger partial charge in [-0.3, -0.25) is 0 Å². The quantitative estimate of drug-likeness (QED) is 0.0699. The van der Waals surface area contributed by atoms with Crippen LogP contribution in [0, 0.1) is 0 Å². The van der Waals surface area contributed by atoms with Crippen molar-refractivity contribution in [3.63, 3.8) is 0 Å². The van der Waals surface area contributed by atoms with Crippen molar-refractivity contribution in [3.8, 4) is 23.3 Å². The molecular weight excluding hydrogens is 618 g/mol. The van der Waals surface area contributed by atoms with Crippen LogP contribution < -0.4 is 14.3 Å². The Kier molecular flexibility index (Phi) is 8.48. The zero-order valence-electron chi connectivity index (χ0n) is 27.3. The molecule has 8 nitrogen and oxygen atoms in total. The van der Waals surface area contributed by atoms with E-state index in [-0.39, 0.29) is 18.2 Å². The number of methoxy groups -OCH3 is 2. The minimum absolute atomic E-state index is 0.126. The molecule has 6 aromatic carbocycles. The molecule has 0 spiro atoms. The van der Waals surface area contributed by atoms with E-state index < -0.39 is 11.6 Å². The van der Waals surface area contributed by atoms with Crippen LogP contribution in [0.25, 0.3) is 32.3 Å². The highest BCUT2D eigenvalue weighted by atomic mass is 16.7. The maximum Gasteiger partial charge on any atom is 0.333 e. The molecule has 0 saturated carbocycles. The van der Waals surface area contributed by atoms with Crippen LogP contribution in [0.3, 0.4) is 0 Å². The summed E-state index contributed by atoms with van der Waals surface area (Å²) in [6.07, 6.45) is 2.83. The normalized spacial score (nSPS) is 12.8. The summed E-state index contributed by atoms with van der Waals surface area (Å²) in [5.41, 5.74) is 1.59. The van der Waals surface area contributed by atoms with Crippen molar-refractivity contribution < 1.29 is 34.4 Å². The SMILES string of the molecule is COc1ccc(C(O)(c2ccc(OC)c(CCCCCC(=O)On3c(O)ccc3O)c2)c2cc3ccc4cccc5ccc(c2)c3c45)cc1. The first-order chi connectivity index (χ1) is 23.8. The summed E-state index contributed by atoms with van der Waals surface area (Å²) in [7, 11) is 3.26. The molecule has 1 heterocycles. The second kappa shape index (κ2) is 13.1. The topological polar surface area (TPSA) is 110 Å². The van der Waals surface area contributed by atoms with Gasteiger partial charge < -0.3 is 29.6 Å². The molecule has 0 aliphatic carbocycles. The van der Waals surface area contributed by atoms with Crippen molar-refractivity contribution in [2.45, 2.75) is 37.7 Å². The van der Waals surface area contributed by atoms with Gasteiger partial charge in [0.25, 0.3) is 0 Å². The summed E-state index contributed by atoms with van der Waals surface area (Å²) in [6, 6.07) is 34.9. The van der Waals surface area contributed by atoms with Gasteiger partial charge in [-0.15, -0.1) is 4.73 Å². The number of aromatic hydroxyl groups is 2. The molecule has 7 aromatic rings. The van der Waals surface area contributed by atoms with E-state index in [1.54, 1.807) is 14.2 Å². The van der Waals surface area contributed by atoms with Crippen molar-refractivity contribution in [1.82, 2.24) is 4.73 Å². The molecular formula is C41H37NO7. The Hall–Kier alpha value is -5.73. The summed E-state index contributed by atoms with van der Waals surface area (Å²) < 4.78 is 11.9. The van der Waals surface area contributed by atoms with Crippen LogP contribution in [0.5, 0.6) is 23.3 Å². The Morgan fingerprint density at radius 3 is 1.90 bits per heavy atom. The maximum absolute atomic E-state index is 13.0. The number of ether oxygens (including phenoxy) is 2. The standard InChI is InChI=1S/C41H37NO7/c1-47-34-18-15-31(16-19-34)41(46,33-24-29-13-11-26-8-6-9-27-12-14-30(25-33)40(29)39(26)27)32-17-20-35(48-2)28(23-32)7-4-3-5-10-38(45)49-42-36(43)21-22-37(42)44/h6,8-9,11-25,43-44,46H,3-5,7,10H2,1-2H3. The fraction of sp³-hybridized carbons (Fsp3) is 0.195. The summed E-state index contributed by atoms with van der Waals surface area (Å²) in [4.78, 5) is 17.3. The summed E-state index contributed by atoms with van der Waals surface area (Å²) in [6.45, 7) is 0. The molecule has 8 heteroatoms. The number of nitrogens with zero attached hydrogens (tertiary/aromatic N) is 1. The van der Waals surface area contributed by atoms with Crippen LogP contribution in [0.1, 0.15) is 47.9 Å². The largest absolute Gasteiger partial charge is 0.497 e. The highest BCUT2D eigenvalue weighted by Gasteiger charge is 2.35. The molecule has 0 radical (unpaired) electrons. The number of hydrogen-bond donors (Lipinski definition) is 3. The molecule has 49 heavy (non-hydrogen) atoms. The van der Waals surface area contributed by atoms with Gasteiger partial charge in [-0.05, 0) is 110 Å². The van der Waals surface area contributed by atoms with E-state index in [1.165, 1.54) is 33.7 Å². The van der Waals surface area contributed by atoms with E-state index in [1.807, 2.05) is 42.5 Å². The Morgan fingerprint density at radius 1 is 0.653 bits per heavy atom. The van der Waals surface area contributed by atoms with E-state index in [9.17, 15) is 20.1 Å². The molecule has 0 aliphatic rings. The zero-order valence-corrected chi connectivity index (χ0v) is 27.3. The second-order valence-electron chi connectivity index (χ2n) is 12.3. The lowest BCUT2D eigenvalue weighted by molar-refractivity contribution is -0.145. The van der Waals surface area contributed by atoms with Crippen LogP contribution in [0.2, 0.25) is 0 Å². The van der Waals surface area contributed by atoms with E-state index in [4.69, 9.17) is 14.3 Å². The third-order valence-electron chi connectivity index (χ3n) is 9.40. The number of benzene rings is 6. The third-order valence-corrected chi connectivity index (χ3v) is 9.40. The molecule has 0 saturated heterocycles. The fourth-order valence-electron chi connectivity index (χ4n) is 6.90. The zero-order chi connectivity index (χ0) is 34.1. The Labute approximate surface area is 283 Å². The summed E-state index contributed by atoms with van der Waals surface area (Å²) >= 11 is 0. The van der Waals surface area contributed by atoms with Crippen molar-refractivity contribution in [2.24, 2.45) is 0 Å². The lowest BCUT2D eigenvalue weighted by atomic mass is 9.78. The number of carbonyl (C=O) groups is 1. The first-order valence-corrected chi connectivity index (χ1v) is 16.3. The maximum atomic E-state index is 13.0. The molecule has 0 amide bonds. The first-order valence-electron chi connectivity index (χ1n) is 16.3. The average Bonchev–Trinajstić information content (AvgIpc) is 3.45. The molecule has 1 atom stereocenters. The highest BCUT2D eigenvalue weighted by molar-refractivity contribution is 6.23. The van der Waals surface area contributed by atoms with Gasteiger partial charge in [-0.1, -0.05) is 67.1 Å². The molecule has 1 unspecified atom stereocenters. The summed E-state index contributed by atoms with van der Waals surface area (Å²) in [5.74, 6) is 0.154. The van der Waals surface area contributed by atoms with Gasteiger partial charge in [0.2, 0.25) is 11.8 Å². The monoisotopic (exact) mass is 655 g/mol. The number of aliphatic hydroxyl groups is 1. The van der Waals surface area contributed by atoms with Gasteiger partial charge in [-0.25, -0.2) is 4.79 Å². The van der Waals surface area contributed by atoms with Gasteiger partial charge >= 0.3 is 5.97 Å². The number of aryl methyl sites for hydroxylation is 1. The van der Waals surface area contributed by atoms with Crippen molar-refractivity contribution in [1.29, 1.82) is 0 Å². The number of hydrogen-bond acceptors (Lipinski definition) is 7. The third kappa shape index (κ3) is 5.85. The van der Waals surface area contributed by atoms with E-state index in [0.717, 1.165) is 34.7 Å². The lowest BCUT2D eigenvalue weighted by Crippen LogP contribution is -2.29. The molecule has 0 bridgehead atoms. The van der Waals surface area contributed by atoms with Gasteiger partial charge in [0.05, 0.1) is 14.2 Å². The predicted molar refractivity (Wildman–Crippen MR) is 190 cm³/mol. The molecule has 0 fully saturated rings. The van der Waals surface area contributed by atoms with Gasteiger partial charge in [0, 0.05) is 18.6 Å². The smallest absolute Gasteiger partial charge is 0.333 e. The van der Waals surface area contributed by atoms with Crippen molar-refractivity contribution in [3.05, 3.63) is 131 Å². The lowest BCUT2D eigenvalue weighted by Gasteiger charge is -2.32. The molecule has 0 aliphatic heterocycles. The Bertz CT molecular complexity index is 2190. The van der Waals surface area contributed by atoms with E-state index in [2.05, 4.69) is 54.6 Å². The van der Waals surface area contributed by atoms with Crippen molar-refractivity contribution >= 4 is 38.3 Å². The van der Waals surface area contributed by atoms with Crippen LogP contribution in [-0.2, 0) is 16.8 Å². The molecule has 1 aromatic heterocycles. The van der Waals surface area contributed by atoms with Gasteiger partial charge in [0.1, 0.15) is 17.1 Å². The highest BCUT2D eigenvalue weighted by Crippen LogP contribution is 2.43. The molecule has 248 valence electrons. The minimum atomic E-state index is -1.50. The predicted octanol–water partition coefficient (Wildman–Crippen LogP) is 7.86. The minimum Gasteiger partial charge on any atom is -0.497 e. The fourth-order valence-corrected chi connectivity index (χ4v) is 6.90. The van der Waals surface area contributed by atoms with Crippen LogP contribution in [0.4, 0.5) is 0 Å². The van der Waals surface area contributed by atoms with Gasteiger partial charge in [0.15, 0.2) is 0 Å². The average molecular weight is 656 g/mol. The number of unbranched alkanes of at least 4 members (excludes halogenated alkanes) is 2. The first kappa shape index (κ1) is 31.8.